The van der Waals surface area contributed by atoms with Crippen molar-refractivity contribution in [3.8, 4) is 0 Å². The fourth-order valence-electron chi connectivity index (χ4n) is 2.77. The summed E-state index contributed by atoms with van der Waals surface area (Å²) in [6, 6.07) is 4.54. The maximum atomic E-state index is 14.2. The molecule has 24 heavy (non-hydrogen) atoms. The normalized spacial score (nSPS) is 17.0. The number of nitrogens with zero attached hydrogens (tertiary/aromatic N) is 1. The number of ether oxygens (including phenoxy) is 1. The van der Waals surface area contributed by atoms with Crippen molar-refractivity contribution in [2.45, 2.75) is 32.8 Å². The number of aryl methyl sites for hydroxylation is 2. The first-order valence-corrected chi connectivity index (χ1v) is 7.94. The molecule has 2 aromatic rings. The van der Waals surface area contributed by atoms with Crippen LogP contribution in [0.25, 0.3) is 0 Å². The van der Waals surface area contributed by atoms with Gasteiger partial charge in [0.1, 0.15) is 17.1 Å². The Morgan fingerprint density at radius 1 is 1.42 bits per heavy atom. The highest BCUT2D eigenvalue weighted by atomic mass is 19.1. The van der Waals surface area contributed by atoms with Gasteiger partial charge < -0.3 is 19.9 Å². The molecule has 1 saturated heterocycles. The molecule has 0 radical (unpaired) electrons. The van der Waals surface area contributed by atoms with Crippen molar-refractivity contribution in [1.82, 2.24) is 5.16 Å². The zero-order chi connectivity index (χ0) is 17.1. The van der Waals surface area contributed by atoms with E-state index in [1.807, 2.05) is 0 Å². The summed E-state index contributed by atoms with van der Waals surface area (Å²) in [4.78, 5) is 12.2. The van der Waals surface area contributed by atoms with Crippen molar-refractivity contribution in [3.63, 3.8) is 0 Å². The van der Waals surface area contributed by atoms with Crippen molar-refractivity contribution >= 4 is 17.3 Å². The van der Waals surface area contributed by atoms with E-state index in [1.165, 1.54) is 6.07 Å². The van der Waals surface area contributed by atoms with Crippen LogP contribution < -0.4 is 10.6 Å². The lowest BCUT2D eigenvalue weighted by Crippen LogP contribution is -2.19. The molecule has 2 heterocycles. The highest BCUT2D eigenvalue weighted by molar-refractivity contribution is 6.05. The predicted octanol–water partition coefficient (Wildman–Crippen LogP) is 3.27. The highest BCUT2D eigenvalue weighted by Crippen LogP contribution is 2.22. The summed E-state index contributed by atoms with van der Waals surface area (Å²) < 4.78 is 24.7. The van der Waals surface area contributed by atoms with Crippen LogP contribution in [0.2, 0.25) is 0 Å². The summed E-state index contributed by atoms with van der Waals surface area (Å²) >= 11 is 0. The van der Waals surface area contributed by atoms with Crippen molar-refractivity contribution in [3.05, 3.63) is 41.0 Å². The number of carbonyl (C=O) groups is 1. The van der Waals surface area contributed by atoms with E-state index in [0.717, 1.165) is 19.4 Å². The Hall–Kier alpha value is -2.41. The zero-order valence-corrected chi connectivity index (χ0v) is 13.7. The smallest absolute Gasteiger partial charge is 0.261 e. The van der Waals surface area contributed by atoms with Crippen molar-refractivity contribution < 1.29 is 18.4 Å². The number of aromatic nitrogens is 1. The van der Waals surface area contributed by atoms with Crippen LogP contribution in [0.4, 0.5) is 15.8 Å². The van der Waals surface area contributed by atoms with E-state index in [9.17, 15) is 9.18 Å². The molecule has 1 aliphatic rings. The van der Waals surface area contributed by atoms with Gasteiger partial charge in [0.15, 0.2) is 0 Å². The molecule has 1 aromatic heterocycles. The quantitative estimate of drug-likeness (QED) is 0.878. The molecular formula is C17H20FN3O3. The monoisotopic (exact) mass is 333 g/mol. The average Bonchev–Trinajstić information content (AvgIpc) is 3.16. The lowest BCUT2D eigenvalue weighted by molar-refractivity contribution is 0.102. The first-order chi connectivity index (χ1) is 11.5. The number of amides is 1. The molecule has 1 aliphatic heterocycles. The van der Waals surface area contributed by atoms with Crippen LogP contribution >= 0.6 is 0 Å². The second-order valence-electron chi connectivity index (χ2n) is 5.86. The molecular weight excluding hydrogens is 313 g/mol. The summed E-state index contributed by atoms with van der Waals surface area (Å²) in [5.41, 5.74) is 1.64. The predicted molar refractivity (Wildman–Crippen MR) is 87.8 cm³/mol. The van der Waals surface area contributed by atoms with E-state index in [1.54, 1.807) is 26.0 Å². The van der Waals surface area contributed by atoms with Gasteiger partial charge in [-0.3, -0.25) is 4.79 Å². The van der Waals surface area contributed by atoms with E-state index in [4.69, 9.17) is 9.26 Å². The first kappa shape index (κ1) is 16.4. The number of rotatable bonds is 5. The second-order valence-corrected chi connectivity index (χ2v) is 5.86. The summed E-state index contributed by atoms with van der Waals surface area (Å²) in [7, 11) is 0. The number of nitrogens with one attached hydrogen (secondary N) is 2. The minimum absolute atomic E-state index is 0.128. The summed E-state index contributed by atoms with van der Waals surface area (Å²) in [6.07, 6.45) is 2.16. The van der Waals surface area contributed by atoms with E-state index in [2.05, 4.69) is 15.8 Å². The Kier molecular flexibility index (Phi) is 4.80. The highest BCUT2D eigenvalue weighted by Gasteiger charge is 2.18. The van der Waals surface area contributed by atoms with Crippen molar-refractivity contribution in [2.24, 2.45) is 0 Å². The average molecular weight is 333 g/mol. The number of carbonyl (C=O) groups excluding carboxylic acids is 1. The summed E-state index contributed by atoms with van der Waals surface area (Å²) in [6.45, 7) is 4.68. The number of hydrogen-bond donors (Lipinski definition) is 2. The lowest BCUT2D eigenvalue weighted by Gasteiger charge is -2.13. The van der Waals surface area contributed by atoms with Crippen LogP contribution in [0.3, 0.4) is 0 Å². The van der Waals surface area contributed by atoms with E-state index < -0.39 is 5.82 Å². The van der Waals surface area contributed by atoms with Gasteiger partial charge >= 0.3 is 0 Å². The van der Waals surface area contributed by atoms with Crippen LogP contribution in [-0.4, -0.2) is 30.3 Å². The lowest BCUT2D eigenvalue weighted by atomic mass is 10.2. The molecule has 128 valence electrons. The molecule has 1 fully saturated rings. The van der Waals surface area contributed by atoms with Gasteiger partial charge in [0.05, 0.1) is 17.5 Å². The third-order valence-electron chi connectivity index (χ3n) is 4.03. The molecule has 1 unspecified atom stereocenters. The van der Waals surface area contributed by atoms with Gasteiger partial charge in [0.2, 0.25) is 0 Å². The van der Waals surface area contributed by atoms with Gasteiger partial charge in [-0.15, -0.1) is 0 Å². The standard InChI is InChI=1S/C17H20FN3O3/c1-10-16(11(2)24-21-10)17(22)20-12-5-6-15(14(18)8-12)19-9-13-4-3-7-23-13/h5-6,8,13,19H,3-4,7,9H2,1-2H3,(H,20,22). The van der Waals surface area contributed by atoms with Crippen molar-refractivity contribution in [1.29, 1.82) is 0 Å². The molecule has 2 N–H and O–H groups in total. The van der Waals surface area contributed by atoms with E-state index >= 15 is 0 Å². The van der Waals surface area contributed by atoms with Gasteiger partial charge in [-0.2, -0.15) is 0 Å². The largest absolute Gasteiger partial charge is 0.380 e. The molecule has 6 nitrogen and oxygen atoms in total. The second kappa shape index (κ2) is 7.00. The maximum Gasteiger partial charge on any atom is 0.261 e. The summed E-state index contributed by atoms with van der Waals surface area (Å²) in [5, 5.41) is 9.44. The Morgan fingerprint density at radius 3 is 2.88 bits per heavy atom. The fraction of sp³-hybridized carbons (Fsp3) is 0.412. The molecule has 7 heteroatoms. The Labute approximate surface area is 139 Å². The van der Waals surface area contributed by atoms with Crippen molar-refractivity contribution in [2.75, 3.05) is 23.8 Å². The zero-order valence-electron chi connectivity index (χ0n) is 13.7. The minimum Gasteiger partial charge on any atom is -0.380 e. The van der Waals surface area contributed by atoms with Crippen LogP contribution in [-0.2, 0) is 4.74 Å². The summed E-state index contributed by atoms with van der Waals surface area (Å²) in [5.74, 6) is -0.365. The molecule has 1 atom stereocenters. The van der Waals surface area contributed by atoms with Crippen LogP contribution in [0.15, 0.2) is 22.7 Å². The number of halogens is 1. The molecule has 0 bridgehead atoms. The van der Waals surface area contributed by atoms with Gasteiger partial charge in [0.25, 0.3) is 5.91 Å². The van der Waals surface area contributed by atoms with Gasteiger partial charge in [-0.1, -0.05) is 5.16 Å². The van der Waals surface area contributed by atoms with Gasteiger partial charge in [-0.05, 0) is 44.9 Å². The molecule has 0 aliphatic carbocycles. The third kappa shape index (κ3) is 3.56. The molecule has 1 amide bonds. The maximum absolute atomic E-state index is 14.2. The molecule has 0 spiro atoms. The number of benzene rings is 1. The minimum atomic E-state index is -0.426. The molecule has 1 aromatic carbocycles. The Morgan fingerprint density at radius 2 is 2.25 bits per heavy atom. The topological polar surface area (TPSA) is 76.4 Å². The first-order valence-electron chi connectivity index (χ1n) is 7.94. The molecule has 0 saturated carbocycles. The van der Waals surface area contributed by atoms with Crippen LogP contribution in [0, 0.1) is 19.7 Å². The Balaban J connectivity index is 1.64. The van der Waals surface area contributed by atoms with Crippen LogP contribution in [0.5, 0.6) is 0 Å². The number of anilines is 2. The molecule has 3 rings (SSSR count). The van der Waals surface area contributed by atoms with Crippen LogP contribution in [0.1, 0.15) is 34.7 Å². The third-order valence-corrected chi connectivity index (χ3v) is 4.03. The number of hydrogen-bond acceptors (Lipinski definition) is 5. The van der Waals surface area contributed by atoms with E-state index in [-0.39, 0.29) is 12.0 Å². The fourth-order valence-corrected chi connectivity index (χ4v) is 2.77. The SMILES string of the molecule is Cc1noc(C)c1C(=O)Nc1ccc(NCC2CCCO2)c(F)c1. The van der Waals surface area contributed by atoms with Gasteiger partial charge in [0, 0.05) is 18.8 Å². The van der Waals surface area contributed by atoms with E-state index in [0.29, 0.717) is 34.9 Å². The Bertz CT molecular complexity index is 719. The van der Waals surface area contributed by atoms with Gasteiger partial charge in [-0.25, -0.2) is 4.39 Å².